The second-order valence-corrected chi connectivity index (χ2v) is 5.45. The molecule has 5 heteroatoms. The summed E-state index contributed by atoms with van der Waals surface area (Å²) >= 11 is 5.99. The van der Waals surface area contributed by atoms with Crippen molar-refractivity contribution < 1.29 is 9.59 Å². The average molecular weight is 337 g/mol. The number of fused-ring (bicyclic) bond motifs is 1. The second kappa shape index (κ2) is 7.03. The lowest BCUT2D eigenvalue weighted by molar-refractivity contribution is -0.116. The molecule has 0 bridgehead atoms. The molecule has 0 atom stereocenters. The summed E-state index contributed by atoms with van der Waals surface area (Å²) in [6.07, 6.45) is 1.54. The summed E-state index contributed by atoms with van der Waals surface area (Å²) in [5, 5.41) is 3.78. The number of carbonyl (C=O) groups is 2. The van der Waals surface area contributed by atoms with Crippen LogP contribution in [0, 0.1) is 11.8 Å². The predicted molar refractivity (Wildman–Crippen MR) is 94.0 cm³/mol. The van der Waals surface area contributed by atoms with Crippen molar-refractivity contribution in [3.05, 3.63) is 70.9 Å². The van der Waals surface area contributed by atoms with Gasteiger partial charge in [-0.2, -0.15) is 0 Å². The van der Waals surface area contributed by atoms with Gasteiger partial charge in [0.05, 0.1) is 17.1 Å². The molecule has 0 saturated carbocycles. The molecule has 1 heterocycles. The van der Waals surface area contributed by atoms with E-state index in [1.54, 1.807) is 24.4 Å². The molecule has 118 valence electrons. The minimum absolute atomic E-state index is 0.0676. The zero-order chi connectivity index (χ0) is 16.9. The number of ketones is 1. The maximum absolute atomic E-state index is 12.2. The largest absolute Gasteiger partial charge is 0.360 e. The lowest BCUT2D eigenvalue weighted by atomic mass is 10.1. The van der Waals surface area contributed by atoms with E-state index in [1.165, 1.54) is 0 Å². The number of amides is 1. The molecule has 2 N–H and O–H groups in total. The number of hydrogen-bond donors (Lipinski definition) is 2. The fraction of sp³-hybridized carbons (Fsp3) is 0.0526. The van der Waals surface area contributed by atoms with Crippen LogP contribution < -0.4 is 5.32 Å². The fourth-order valence-electron chi connectivity index (χ4n) is 2.29. The van der Waals surface area contributed by atoms with Crippen molar-refractivity contribution in [3.63, 3.8) is 0 Å². The minimum Gasteiger partial charge on any atom is -0.360 e. The molecule has 1 aromatic heterocycles. The normalized spacial score (nSPS) is 10.0. The topological polar surface area (TPSA) is 62.0 Å². The van der Waals surface area contributed by atoms with E-state index in [2.05, 4.69) is 22.1 Å². The first-order chi connectivity index (χ1) is 11.7. The summed E-state index contributed by atoms with van der Waals surface area (Å²) < 4.78 is 0. The number of aromatic amines is 1. The van der Waals surface area contributed by atoms with E-state index in [-0.39, 0.29) is 6.54 Å². The molecule has 0 aliphatic carbocycles. The molecule has 0 fully saturated rings. The fourth-order valence-corrected chi connectivity index (χ4v) is 2.47. The van der Waals surface area contributed by atoms with Gasteiger partial charge in [-0.1, -0.05) is 53.8 Å². The molecule has 0 saturated heterocycles. The van der Waals surface area contributed by atoms with E-state index in [0.717, 1.165) is 10.9 Å². The third kappa shape index (κ3) is 3.32. The summed E-state index contributed by atoms with van der Waals surface area (Å²) in [4.78, 5) is 27.2. The Morgan fingerprint density at radius 3 is 2.67 bits per heavy atom. The first-order valence-electron chi connectivity index (χ1n) is 7.29. The highest BCUT2D eigenvalue weighted by Crippen LogP contribution is 2.18. The number of Topliss-reactive ketones (excluding diaryl/α,β-unsaturated/α-hetero) is 1. The maximum atomic E-state index is 12.2. The highest BCUT2D eigenvalue weighted by molar-refractivity contribution is 6.45. The maximum Gasteiger partial charge on any atom is 0.293 e. The summed E-state index contributed by atoms with van der Waals surface area (Å²) in [7, 11) is 0. The van der Waals surface area contributed by atoms with Crippen molar-refractivity contribution in [2.24, 2.45) is 0 Å². The minimum atomic E-state index is -0.687. The molecule has 3 aromatic rings. The van der Waals surface area contributed by atoms with Gasteiger partial charge in [0.25, 0.3) is 11.7 Å². The number of rotatable bonds is 3. The predicted octanol–water partition coefficient (Wildman–Crippen LogP) is 3.17. The van der Waals surface area contributed by atoms with E-state index in [9.17, 15) is 9.59 Å². The van der Waals surface area contributed by atoms with E-state index in [4.69, 9.17) is 11.6 Å². The Labute approximate surface area is 143 Å². The van der Waals surface area contributed by atoms with Crippen LogP contribution in [-0.2, 0) is 4.79 Å². The Bertz CT molecular complexity index is 979. The number of para-hydroxylation sites is 1. The van der Waals surface area contributed by atoms with Gasteiger partial charge >= 0.3 is 0 Å². The molecular weight excluding hydrogens is 324 g/mol. The number of H-pyrrole nitrogens is 1. The second-order valence-electron chi connectivity index (χ2n) is 5.04. The van der Waals surface area contributed by atoms with Crippen LogP contribution >= 0.6 is 11.6 Å². The summed E-state index contributed by atoms with van der Waals surface area (Å²) in [6, 6.07) is 14.5. The quantitative estimate of drug-likeness (QED) is 0.438. The molecule has 0 aliphatic heterocycles. The van der Waals surface area contributed by atoms with Crippen molar-refractivity contribution in [1.29, 1.82) is 0 Å². The SMILES string of the molecule is O=C(NCC#Cc1ccccc1Cl)C(=O)c1c[nH]c2ccccc12. The van der Waals surface area contributed by atoms with Gasteiger partial charge in [-0.25, -0.2) is 0 Å². The standard InChI is InChI=1S/C19H13ClN2O2/c20-16-9-3-1-6-13(16)7-5-11-21-19(24)18(23)15-12-22-17-10-4-2-8-14(15)17/h1-4,6,8-10,12,22H,11H2,(H,21,24). The van der Waals surface area contributed by atoms with Crippen LogP contribution in [0.5, 0.6) is 0 Å². The first-order valence-corrected chi connectivity index (χ1v) is 7.66. The lowest BCUT2D eigenvalue weighted by Gasteiger charge is -1.99. The van der Waals surface area contributed by atoms with Gasteiger partial charge in [0, 0.05) is 22.7 Å². The van der Waals surface area contributed by atoms with E-state index < -0.39 is 11.7 Å². The summed E-state index contributed by atoms with van der Waals surface area (Å²) in [5.74, 6) is 4.36. The van der Waals surface area contributed by atoms with E-state index in [1.807, 2.05) is 30.3 Å². The van der Waals surface area contributed by atoms with Gasteiger partial charge < -0.3 is 10.3 Å². The van der Waals surface area contributed by atoms with Gasteiger partial charge in [0.15, 0.2) is 0 Å². The monoisotopic (exact) mass is 336 g/mol. The third-order valence-electron chi connectivity index (χ3n) is 3.47. The number of nitrogens with one attached hydrogen (secondary N) is 2. The molecule has 0 unspecified atom stereocenters. The number of halogens is 1. The molecule has 0 radical (unpaired) electrons. The molecule has 3 rings (SSSR count). The zero-order valence-electron chi connectivity index (χ0n) is 12.6. The van der Waals surface area contributed by atoms with Crippen LogP contribution in [0.25, 0.3) is 10.9 Å². The Hall–Kier alpha value is -3.03. The number of benzene rings is 2. The molecule has 2 aromatic carbocycles. The Morgan fingerprint density at radius 1 is 1.08 bits per heavy atom. The van der Waals surface area contributed by atoms with Crippen LogP contribution in [0.3, 0.4) is 0 Å². The molecule has 0 spiro atoms. The first kappa shape index (κ1) is 15.9. The van der Waals surface area contributed by atoms with Gasteiger partial charge in [-0.05, 0) is 18.2 Å². The van der Waals surface area contributed by atoms with Gasteiger partial charge in [0.1, 0.15) is 0 Å². The van der Waals surface area contributed by atoms with Crippen LogP contribution in [-0.4, -0.2) is 23.2 Å². The zero-order valence-corrected chi connectivity index (χ0v) is 13.4. The number of carbonyl (C=O) groups excluding carboxylic acids is 2. The average Bonchev–Trinajstić information content (AvgIpc) is 3.03. The van der Waals surface area contributed by atoms with E-state index in [0.29, 0.717) is 16.1 Å². The van der Waals surface area contributed by atoms with Crippen LogP contribution in [0.15, 0.2) is 54.7 Å². The van der Waals surface area contributed by atoms with Gasteiger partial charge in [-0.3, -0.25) is 9.59 Å². The molecular formula is C19H13ClN2O2. The number of aromatic nitrogens is 1. The Kier molecular flexibility index (Phi) is 4.64. The highest BCUT2D eigenvalue weighted by atomic mass is 35.5. The molecule has 1 amide bonds. The highest BCUT2D eigenvalue weighted by Gasteiger charge is 2.18. The van der Waals surface area contributed by atoms with Crippen LogP contribution in [0.1, 0.15) is 15.9 Å². The van der Waals surface area contributed by atoms with Crippen LogP contribution in [0.2, 0.25) is 5.02 Å². The lowest BCUT2D eigenvalue weighted by Crippen LogP contribution is -2.31. The van der Waals surface area contributed by atoms with Crippen molar-refractivity contribution >= 4 is 34.2 Å². The molecule has 24 heavy (non-hydrogen) atoms. The molecule has 4 nitrogen and oxygen atoms in total. The Balaban J connectivity index is 1.66. The van der Waals surface area contributed by atoms with Crippen molar-refractivity contribution in [2.75, 3.05) is 6.54 Å². The molecule has 0 aliphatic rings. The Morgan fingerprint density at radius 2 is 1.83 bits per heavy atom. The summed E-state index contributed by atoms with van der Waals surface area (Å²) in [5.41, 5.74) is 1.84. The summed E-state index contributed by atoms with van der Waals surface area (Å²) in [6.45, 7) is 0.0676. The van der Waals surface area contributed by atoms with Crippen molar-refractivity contribution in [1.82, 2.24) is 10.3 Å². The third-order valence-corrected chi connectivity index (χ3v) is 3.80. The number of hydrogen-bond acceptors (Lipinski definition) is 2. The van der Waals surface area contributed by atoms with Crippen LogP contribution in [0.4, 0.5) is 0 Å². The van der Waals surface area contributed by atoms with Crippen molar-refractivity contribution in [2.45, 2.75) is 0 Å². The van der Waals surface area contributed by atoms with Crippen molar-refractivity contribution in [3.8, 4) is 11.8 Å². The smallest absolute Gasteiger partial charge is 0.293 e. The van der Waals surface area contributed by atoms with E-state index >= 15 is 0 Å². The van der Waals surface area contributed by atoms with Gasteiger partial charge in [-0.15, -0.1) is 0 Å². The van der Waals surface area contributed by atoms with Gasteiger partial charge in [0.2, 0.25) is 0 Å².